The van der Waals surface area contributed by atoms with E-state index in [1.54, 1.807) is 0 Å². The van der Waals surface area contributed by atoms with Crippen molar-refractivity contribution >= 4 is 5.91 Å². The van der Waals surface area contributed by atoms with E-state index >= 15 is 0 Å². The molecule has 2 fully saturated rings. The molecule has 1 N–H and O–H groups in total. The molecule has 0 heterocycles. The fraction of sp³-hybridized carbons (Fsp3) is 0.562. The number of halogens is 2. The molecule has 21 heavy (non-hydrogen) atoms. The second kappa shape index (κ2) is 5.28. The van der Waals surface area contributed by atoms with Crippen LogP contribution in [0.4, 0.5) is 8.78 Å². The average molecular weight is 295 g/mol. The van der Waals surface area contributed by atoms with Gasteiger partial charge in [-0.3, -0.25) is 4.79 Å². The lowest BCUT2D eigenvalue weighted by Crippen LogP contribution is -2.33. The molecule has 0 aromatic heterocycles. The summed E-state index contributed by atoms with van der Waals surface area (Å²) in [7, 11) is 0. The van der Waals surface area contributed by atoms with Crippen LogP contribution in [0.15, 0.2) is 30.3 Å². The highest BCUT2D eigenvalue weighted by molar-refractivity contribution is 5.76. The maximum absolute atomic E-state index is 12.8. The van der Waals surface area contributed by atoms with Gasteiger partial charge in [0.15, 0.2) is 0 Å². The molecule has 0 saturated heterocycles. The van der Waals surface area contributed by atoms with Gasteiger partial charge in [-0.1, -0.05) is 18.2 Å². The highest BCUT2D eigenvalue weighted by atomic mass is 19.3. The van der Waals surface area contributed by atoms with E-state index < -0.39 is 11.8 Å². The van der Waals surface area contributed by atoms with Crippen molar-refractivity contribution < 1.29 is 18.3 Å². The van der Waals surface area contributed by atoms with E-state index in [-0.39, 0.29) is 24.2 Å². The molecule has 0 radical (unpaired) electrons. The van der Waals surface area contributed by atoms with Gasteiger partial charge in [0.05, 0.1) is 6.61 Å². The third-order valence-corrected chi connectivity index (χ3v) is 4.29. The number of hydrogen-bond donors (Lipinski definition) is 1. The minimum atomic E-state index is -2.62. The third kappa shape index (κ3) is 3.71. The zero-order chi connectivity index (χ0) is 14.9. The highest BCUT2D eigenvalue weighted by Gasteiger charge is 2.57. The number of alkyl halides is 2. The molecule has 2 aliphatic rings. The number of benzene rings is 1. The maximum atomic E-state index is 12.8. The zero-order valence-corrected chi connectivity index (χ0v) is 11.8. The van der Waals surface area contributed by atoms with Crippen LogP contribution in [-0.4, -0.2) is 25.0 Å². The Morgan fingerprint density at radius 1 is 1.29 bits per heavy atom. The molecule has 0 spiro atoms. The molecular weight excluding hydrogens is 276 g/mol. The van der Waals surface area contributed by atoms with Crippen LogP contribution in [-0.2, 0) is 4.79 Å². The van der Waals surface area contributed by atoms with Gasteiger partial charge in [0.2, 0.25) is 5.91 Å². The van der Waals surface area contributed by atoms with Crippen molar-refractivity contribution in [1.82, 2.24) is 5.32 Å². The normalized spacial score (nSPS) is 24.2. The Hall–Kier alpha value is -1.65. The van der Waals surface area contributed by atoms with Crippen LogP contribution >= 0.6 is 0 Å². The Labute approximate surface area is 122 Å². The van der Waals surface area contributed by atoms with Gasteiger partial charge >= 0.3 is 0 Å². The Balaban J connectivity index is 1.39. The van der Waals surface area contributed by atoms with Gasteiger partial charge in [0.1, 0.15) is 5.75 Å². The minimum absolute atomic E-state index is 0.0163. The fourth-order valence-corrected chi connectivity index (χ4v) is 2.38. The van der Waals surface area contributed by atoms with Crippen molar-refractivity contribution in [3.05, 3.63) is 30.3 Å². The molecule has 0 aliphatic heterocycles. The van der Waals surface area contributed by atoms with Crippen molar-refractivity contribution in [2.75, 3.05) is 13.2 Å². The van der Waals surface area contributed by atoms with E-state index in [9.17, 15) is 13.6 Å². The summed E-state index contributed by atoms with van der Waals surface area (Å²) in [6.45, 7) is 1.06. The maximum Gasteiger partial charge on any atom is 0.252 e. The van der Waals surface area contributed by atoms with Gasteiger partial charge < -0.3 is 10.1 Å². The lowest BCUT2D eigenvalue weighted by atomic mass is 10.1. The topological polar surface area (TPSA) is 38.3 Å². The van der Waals surface area contributed by atoms with Gasteiger partial charge in [-0.05, 0) is 25.0 Å². The number of hydrogen-bond acceptors (Lipinski definition) is 2. The van der Waals surface area contributed by atoms with Crippen molar-refractivity contribution in [2.24, 2.45) is 11.3 Å². The summed E-state index contributed by atoms with van der Waals surface area (Å²) in [5.74, 6) is -2.84. The predicted molar refractivity (Wildman–Crippen MR) is 74.3 cm³/mol. The van der Waals surface area contributed by atoms with Crippen molar-refractivity contribution in [3.8, 4) is 5.75 Å². The van der Waals surface area contributed by atoms with Crippen LogP contribution in [0, 0.1) is 11.3 Å². The highest BCUT2D eigenvalue weighted by Crippen LogP contribution is 2.50. The summed E-state index contributed by atoms with van der Waals surface area (Å²) in [5.41, 5.74) is -0.0163. The third-order valence-electron chi connectivity index (χ3n) is 4.29. The van der Waals surface area contributed by atoms with Gasteiger partial charge in [-0.15, -0.1) is 0 Å². The number of carbonyl (C=O) groups is 1. The number of nitrogens with one attached hydrogen (secondary N) is 1. The number of carbonyl (C=O) groups excluding carboxylic acids is 1. The Morgan fingerprint density at radius 2 is 1.95 bits per heavy atom. The molecule has 3 rings (SSSR count). The zero-order valence-electron chi connectivity index (χ0n) is 11.8. The molecule has 5 heteroatoms. The van der Waals surface area contributed by atoms with Crippen LogP contribution in [0.3, 0.4) is 0 Å². The molecule has 2 saturated carbocycles. The monoisotopic (exact) mass is 295 g/mol. The standard InChI is InChI=1S/C16H19F2NO2/c17-16(18)9-12(16)8-14(20)19-10-15(6-7-15)11-21-13-4-2-1-3-5-13/h1-5,12H,6-11H2,(H,19,20). The molecule has 1 atom stereocenters. The number of rotatable bonds is 7. The van der Waals surface area contributed by atoms with Gasteiger partial charge in [0.25, 0.3) is 5.92 Å². The first-order chi connectivity index (χ1) is 9.99. The lowest BCUT2D eigenvalue weighted by Gasteiger charge is -2.17. The van der Waals surface area contributed by atoms with Crippen molar-refractivity contribution in [1.29, 1.82) is 0 Å². The summed E-state index contributed by atoms with van der Waals surface area (Å²) in [4.78, 5) is 11.6. The molecule has 1 aromatic carbocycles. The van der Waals surface area contributed by atoms with Crippen molar-refractivity contribution in [3.63, 3.8) is 0 Å². The second-order valence-corrected chi connectivity index (χ2v) is 6.24. The van der Waals surface area contributed by atoms with E-state index in [2.05, 4.69) is 5.32 Å². The molecule has 0 bridgehead atoms. The Bertz CT molecular complexity index is 514. The van der Waals surface area contributed by atoms with Crippen LogP contribution in [0.2, 0.25) is 0 Å². The predicted octanol–water partition coefficient (Wildman–Crippen LogP) is 3.01. The Kier molecular flexibility index (Phi) is 3.59. The molecule has 1 amide bonds. The van der Waals surface area contributed by atoms with Crippen molar-refractivity contribution in [2.45, 2.75) is 31.6 Å². The number of ether oxygens (including phenoxy) is 1. The summed E-state index contributed by atoms with van der Waals surface area (Å²) in [5, 5.41) is 2.78. The quantitative estimate of drug-likeness (QED) is 0.840. The Morgan fingerprint density at radius 3 is 2.52 bits per heavy atom. The van der Waals surface area contributed by atoms with Crippen LogP contribution in [0.1, 0.15) is 25.7 Å². The first kappa shape index (κ1) is 14.3. The molecule has 3 nitrogen and oxygen atoms in total. The summed E-state index contributed by atoms with van der Waals surface area (Å²) in [6.07, 6.45) is 1.78. The summed E-state index contributed by atoms with van der Waals surface area (Å²) >= 11 is 0. The molecule has 114 valence electrons. The van der Waals surface area contributed by atoms with E-state index in [1.165, 1.54) is 0 Å². The van der Waals surface area contributed by atoms with Gasteiger partial charge in [-0.25, -0.2) is 8.78 Å². The SMILES string of the molecule is O=C(CC1CC1(F)F)NCC1(COc2ccccc2)CC1. The van der Waals surface area contributed by atoms with E-state index in [0.29, 0.717) is 13.2 Å². The van der Waals surface area contributed by atoms with Gasteiger partial charge in [0, 0.05) is 30.7 Å². The smallest absolute Gasteiger partial charge is 0.252 e. The number of amides is 1. The minimum Gasteiger partial charge on any atom is -0.493 e. The van der Waals surface area contributed by atoms with Crippen LogP contribution in [0.5, 0.6) is 5.75 Å². The molecule has 1 unspecified atom stereocenters. The summed E-state index contributed by atoms with van der Waals surface area (Å²) < 4.78 is 31.2. The molecular formula is C16H19F2NO2. The first-order valence-corrected chi connectivity index (χ1v) is 7.32. The van der Waals surface area contributed by atoms with Crippen LogP contribution < -0.4 is 10.1 Å². The largest absolute Gasteiger partial charge is 0.493 e. The van der Waals surface area contributed by atoms with Crippen LogP contribution in [0.25, 0.3) is 0 Å². The lowest BCUT2D eigenvalue weighted by molar-refractivity contribution is -0.122. The van der Waals surface area contributed by atoms with Gasteiger partial charge in [-0.2, -0.15) is 0 Å². The van der Waals surface area contributed by atoms with E-state index in [4.69, 9.17) is 4.74 Å². The molecule has 1 aromatic rings. The first-order valence-electron chi connectivity index (χ1n) is 7.32. The molecule has 2 aliphatic carbocycles. The summed E-state index contributed by atoms with van der Waals surface area (Å²) in [6, 6.07) is 9.53. The number of para-hydroxylation sites is 1. The fourth-order valence-electron chi connectivity index (χ4n) is 2.38. The van der Waals surface area contributed by atoms with E-state index in [1.807, 2.05) is 30.3 Å². The average Bonchev–Trinajstić information content (AvgIpc) is 3.35. The van der Waals surface area contributed by atoms with E-state index in [0.717, 1.165) is 18.6 Å². The second-order valence-electron chi connectivity index (χ2n) is 6.24.